The maximum absolute atomic E-state index is 12.2. The molecule has 0 aromatic carbocycles. The summed E-state index contributed by atoms with van der Waals surface area (Å²) in [6, 6.07) is 3.82. The van der Waals surface area contributed by atoms with Gasteiger partial charge in [0.15, 0.2) is 0 Å². The summed E-state index contributed by atoms with van der Waals surface area (Å²) in [6.45, 7) is 5.12. The lowest BCUT2D eigenvalue weighted by Crippen LogP contribution is -2.27. The number of hydrogen-bond acceptors (Lipinski definition) is 4. The van der Waals surface area contributed by atoms with Crippen LogP contribution in [-0.4, -0.2) is 37.0 Å². The van der Waals surface area contributed by atoms with Gasteiger partial charge in [0, 0.05) is 25.5 Å². The SMILES string of the molecule is Cc1cc(C)n(CCNC(=O)c2cnc3cnn(C)c3c2)n1. The van der Waals surface area contributed by atoms with Gasteiger partial charge in [0.2, 0.25) is 0 Å². The lowest BCUT2D eigenvalue weighted by atomic mass is 10.2. The first-order valence-electron chi connectivity index (χ1n) is 7.11. The molecule has 3 aromatic rings. The van der Waals surface area contributed by atoms with Crippen LogP contribution in [0.3, 0.4) is 0 Å². The van der Waals surface area contributed by atoms with Gasteiger partial charge in [-0.15, -0.1) is 0 Å². The average Bonchev–Trinajstić information content (AvgIpc) is 3.01. The Bertz CT molecular complexity index is 832. The molecule has 0 aliphatic heterocycles. The lowest BCUT2D eigenvalue weighted by Gasteiger charge is -2.07. The van der Waals surface area contributed by atoms with Crippen molar-refractivity contribution < 1.29 is 4.79 Å². The number of amides is 1. The van der Waals surface area contributed by atoms with Gasteiger partial charge in [0.05, 0.1) is 29.5 Å². The van der Waals surface area contributed by atoms with Gasteiger partial charge in [0.25, 0.3) is 5.91 Å². The van der Waals surface area contributed by atoms with E-state index in [0.29, 0.717) is 18.7 Å². The Labute approximate surface area is 128 Å². The molecule has 0 fully saturated rings. The molecule has 0 saturated heterocycles. The third-order valence-electron chi connectivity index (χ3n) is 3.57. The summed E-state index contributed by atoms with van der Waals surface area (Å²) in [5.41, 5.74) is 4.22. The van der Waals surface area contributed by atoms with Crippen LogP contribution in [0.15, 0.2) is 24.5 Å². The number of aromatic nitrogens is 5. The molecule has 0 aliphatic carbocycles. The van der Waals surface area contributed by atoms with Gasteiger partial charge >= 0.3 is 0 Å². The fraction of sp³-hybridized carbons (Fsp3) is 0.333. The number of aryl methyl sites for hydroxylation is 3. The smallest absolute Gasteiger partial charge is 0.252 e. The largest absolute Gasteiger partial charge is 0.350 e. The molecule has 0 bridgehead atoms. The zero-order valence-corrected chi connectivity index (χ0v) is 12.9. The molecule has 0 radical (unpaired) electrons. The molecule has 3 rings (SSSR count). The van der Waals surface area contributed by atoms with Crippen molar-refractivity contribution in [1.29, 1.82) is 0 Å². The number of carbonyl (C=O) groups excluding carboxylic acids is 1. The number of fused-ring (bicyclic) bond motifs is 1. The van der Waals surface area contributed by atoms with E-state index in [1.165, 1.54) is 0 Å². The maximum Gasteiger partial charge on any atom is 0.252 e. The minimum absolute atomic E-state index is 0.142. The molecule has 22 heavy (non-hydrogen) atoms. The second kappa shape index (κ2) is 5.59. The molecule has 3 heterocycles. The average molecular weight is 298 g/mol. The molecule has 0 spiro atoms. The Morgan fingerprint density at radius 2 is 2.09 bits per heavy atom. The van der Waals surface area contributed by atoms with Gasteiger partial charge in [-0.05, 0) is 26.0 Å². The van der Waals surface area contributed by atoms with Gasteiger partial charge in [-0.25, -0.2) is 0 Å². The topological polar surface area (TPSA) is 77.6 Å². The third-order valence-corrected chi connectivity index (χ3v) is 3.57. The van der Waals surface area contributed by atoms with Crippen molar-refractivity contribution in [1.82, 2.24) is 29.9 Å². The standard InChI is InChI=1S/C15H18N6O/c1-10-6-11(2)21(19-10)5-4-16-15(22)12-7-14-13(17-8-12)9-18-20(14)3/h6-9H,4-5H2,1-3H3,(H,16,22). The van der Waals surface area contributed by atoms with E-state index in [2.05, 4.69) is 20.5 Å². The number of nitrogens with zero attached hydrogens (tertiary/aromatic N) is 5. The second-order valence-electron chi connectivity index (χ2n) is 5.30. The number of carbonyl (C=O) groups is 1. The van der Waals surface area contributed by atoms with Gasteiger partial charge < -0.3 is 5.32 Å². The molecule has 114 valence electrons. The highest BCUT2D eigenvalue weighted by Crippen LogP contribution is 2.11. The Morgan fingerprint density at radius 3 is 2.82 bits per heavy atom. The normalized spacial score (nSPS) is 11.0. The summed E-state index contributed by atoms with van der Waals surface area (Å²) in [6.07, 6.45) is 3.25. The van der Waals surface area contributed by atoms with Crippen LogP contribution in [-0.2, 0) is 13.6 Å². The summed E-state index contributed by atoms with van der Waals surface area (Å²) in [7, 11) is 1.83. The molecule has 0 saturated carbocycles. The van der Waals surface area contributed by atoms with Gasteiger partial charge in [-0.1, -0.05) is 0 Å². The Kier molecular flexibility index (Phi) is 3.62. The molecule has 1 amide bonds. The minimum atomic E-state index is -0.142. The van der Waals surface area contributed by atoms with Crippen LogP contribution < -0.4 is 5.32 Å². The van der Waals surface area contributed by atoms with E-state index in [-0.39, 0.29) is 5.91 Å². The van der Waals surface area contributed by atoms with Crippen LogP contribution in [0, 0.1) is 13.8 Å². The van der Waals surface area contributed by atoms with Gasteiger partial charge in [-0.2, -0.15) is 10.2 Å². The van der Waals surface area contributed by atoms with Crippen LogP contribution in [0.25, 0.3) is 11.0 Å². The predicted molar refractivity (Wildman–Crippen MR) is 82.5 cm³/mol. The maximum atomic E-state index is 12.2. The van der Waals surface area contributed by atoms with Crippen molar-refractivity contribution in [2.75, 3.05) is 6.54 Å². The summed E-state index contributed by atoms with van der Waals surface area (Å²) < 4.78 is 3.59. The first-order chi connectivity index (χ1) is 10.5. The van der Waals surface area contributed by atoms with Crippen molar-refractivity contribution in [2.24, 2.45) is 7.05 Å². The van der Waals surface area contributed by atoms with Crippen LogP contribution in [0.1, 0.15) is 21.7 Å². The summed E-state index contributed by atoms with van der Waals surface area (Å²) in [5, 5.41) is 11.4. The third kappa shape index (κ3) is 2.69. The summed E-state index contributed by atoms with van der Waals surface area (Å²) >= 11 is 0. The van der Waals surface area contributed by atoms with Crippen LogP contribution in [0.2, 0.25) is 0 Å². The molecule has 1 N–H and O–H groups in total. The van der Waals surface area contributed by atoms with E-state index in [4.69, 9.17) is 0 Å². The van der Waals surface area contributed by atoms with Crippen molar-refractivity contribution >= 4 is 16.9 Å². The van der Waals surface area contributed by atoms with E-state index >= 15 is 0 Å². The number of hydrogen-bond donors (Lipinski definition) is 1. The second-order valence-corrected chi connectivity index (χ2v) is 5.30. The van der Waals surface area contributed by atoms with Crippen molar-refractivity contribution in [3.8, 4) is 0 Å². The van der Waals surface area contributed by atoms with E-state index < -0.39 is 0 Å². The number of rotatable bonds is 4. The molecule has 0 aliphatic rings. The molecule has 0 unspecified atom stereocenters. The van der Waals surface area contributed by atoms with Crippen LogP contribution in [0.4, 0.5) is 0 Å². The van der Waals surface area contributed by atoms with E-state index in [0.717, 1.165) is 22.4 Å². The van der Waals surface area contributed by atoms with Crippen molar-refractivity contribution in [3.63, 3.8) is 0 Å². The zero-order chi connectivity index (χ0) is 15.7. The summed E-state index contributed by atoms with van der Waals surface area (Å²) in [5.74, 6) is -0.142. The fourth-order valence-electron chi connectivity index (χ4n) is 2.43. The first-order valence-corrected chi connectivity index (χ1v) is 7.11. The quantitative estimate of drug-likeness (QED) is 0.785. The van der Waals surface area contributed by atoms with Crippen LogP contribution in [0.5, 0.6) is 0 Å². The Balaban J connectivity index is 1.65. The monoisotopic (exact) mass is 298 g/mol. The molecule has 3 aromatic heterocycles. The van der Waals surface area contributed by atoms with Crippen molar-refractivity contribution in [2.45, 2.75) is 20.4 Å². The van der Waals surface area contributed by atoms with E-state index in [9.17, 15) is 4.79 Å². The zero-order valence-electron chi connectivity index (χ0n) is 12.9. The molecule has 0 atom stereocenters. The van der Waals surface area contributed by atoms with Gasteiger partial charge in [-0.3, -0.25) is 19.1 Å². The number of nitrogens with one attached hydrogen (secondary N) is 1. The molecular weight excluding hydrogens is 280 g/mol. The van der Waals surface area contributed by atoms with E-state index in [1.54, 1.807) is 23.1 Å². The predicted octanol–water partition coefficient (Wildman–Crippen LogP) is 1.21. The first kappa shape index (κ1) is 14.2. The number of pyridine rings is 1. The molecular formula is C15H18N6O. The van der Waals surface area contributed by atoms with Crippen LogP contribution >= 0.6 is 0 Å². The lowest BCUT2D eigenvalue weighted by molar-refractivity contribution is 0.0951. The highest BCUT2D eigenvalue weighted by molar-refractivity contribution is 5.96. The fourth-order valence-corrected chi connectivity index (χ4v) is 2.43. The molecule has 7 heteroatoms. The summed E-state index contributed by atoms with van der Waals surface area (Å²) in [4.78, 5) is 16.4. The Morgan fingerprint density at radius 1 is 1.27 bits per heavy atom. The van der Waals surface area contributed by atoms with E-state index in [1.807, 2.05) is 31.6 Å². The van der Waals surface area contributed by atoms with Gasteiger partial charge in [0.1, 0.15) is 5.52 Å². The Hall–Kier alpha value is -2.70. The molecule has 7 nitrogen and oxygen atoms in total. The van der Waals surface area contributed by atoms with Crippen molar-refractivity contribution in [3.05, 3.63) is 41.5 Å². The highest BCUT2D eigenvalue weighted by Gasteiger charge is 2.09. The minimum Gasteiger partial charge on any atom is -0.350 e. The highest BCUT2D eigenvalue weighted by atomic mass is 16.1.